The first-order valence-corrected chi connectivity index (χ1v) is 7.77. The van der Waals surface area contributed by atoms with Crippen molar-refractivity contribution in [3.8, 4) is 0 Å². The van der Waals surface area contributed by atoms with Crippen LogP contribution < -0.4 is 11.1 Å². The third-order valence-corrected chi connectivity index (χ3v) is 4.15. The van der Waals surface area contributed by atoms with E-state index in [2.05, 4.69) is 38.7 Å². The first-order valence-electron chi connectivity index (χ1n) is 7.77. The van der Waals surface area contributed by atoms with Crippen LogP contribution in [0.5, 0.6) is 0 Å². The number of aromatic nitrogens is 3. The smallest absolute Gasteiger partial charge is 0.193 e. The van der Waals surface area contributed by atoms with Gasteiger partial charge < -0.3 is 11.1 Å². The molecule has 0 aliphatic heterocycles. The van der Waals surface area contributed by atoms with Crippen molar-refractivity contribution < 1.29 is 0 Å². The highest BCUT2D eigenvalue weighted by atomic mass is 15.3. The molecule has 0 amide bonds. The van der Waals surface area contributed by atoms with Gasteiger partial charge in [-0.3, -0.25) is 4.40 Å². The average Bonchev–Trinajstić information content (AvgIpc) is 3.19. The molecule has 6 nitrogen and oxygen atoms in total. The molecule has 116 valence electrons. The first-order chi connectivity index (χ1) is 11.3. The van der Waals surface area contributed by atoms with E-state index < -0.39 is 0 Å². The van der Waals surface area contributed by atoms with Crippen LogP contribution in [0.4, 0.5) is 5.69 Å². The third-order valence-electron chi connectivity index (χ3n) is 4.15. The van der Waals surface area contributed by atoms with Crippen molar-refractivity contribution in [3.63, 3.8) is 0 Å². The van der Waals surface area contributed by atoms with Gasteiger partial charge in [0.15, 0.2) is 17.4 Å². The summed E-state index contributed by atoms with van der Waals surface area (Å²) in [7, 11) is 0. The van der Waals surface area contributed by atoms with Gasteiger partial charge in [-0.15, -0.1) is 10.2 Å². The number of fused-ring (bicyclic) bond motifs is 2. The van der Waals surface area contributed by atoms with Gasteiger partial charge in [-0.25, -0.2) is 4.99 Å². The number of aliphatic imine (C=N–C) groups is 1. The molecule has 0 bridgehead atoms. The zero-order valence-corrected chi connectivity index (χ0v) is 12.7. The highest BCUT2D eigenvalue weighted by Gasteiger charge is 2.11. The molecule has 1 aromatic carbocycles. The summed E-state index contributed by atoms with van der Waals surface area (Å²) in [6.07, 6.45) is 5.49. The van der Waals surface area contributed by atoms with E-state index in [0.29, 0.717) is 12.5 Å². The summed E-state index contributed by atoms with van der Waals surface area (Å²) in [5.41, 5.74) is 10.6. The topological polar surface area (TPSA) is 80.6 Å². The zero-order valence-electron chi connectivity index (χ0n) is 12.7. The molecular weight excluding hydrogens is 288 g/mol. The van der Waals surface area contributed by atoms with E-state index in [-0.39, 0.29) is 0 Å². The summed E-state index contributed by atoms with van der Waals surface area (Å²) < 4.78 is 1.91. The van der Waals surface area contributed by atoms with E-state index in [4.69, 9.17) is 5.73 Å². The van der Waals surface area contributed by atoms with Crippen LogP contribution in [-0.4, -0.2) is 20.6 Å². The monoisotopic (exact) mass is 306 g/mol. The Hall–Kier alpha value is -2.89. The number of hydrogen-bond acceptors (Lipinski definition) is 3. The third kappa shape index (κ3) is 2.75. The van der Waals surface area contributed by atoms with Crippen LogP contribution in [0.15, 0.2) is 47.6 Å². The number of nitrogens with one attached hydrogen (secondary N) is 1. The van der Waals surface area contributed by atoms with Crippen molar-refractivity contribution in [2.24, 2.45) is 10.7 Å². The molecule has 1 aliphatic rings. The fourth-order valence-electron chi connectivity index (χ4n) is 2.99. The number of anilines is 1. The molecule has 0 radical (unpaired) electrons. The molecule has 0 spiro atoms. The van der Waals surface area contributed by atoms with Gasteiger partial charge >= 0.3 is 0 Å². The number of pyridine rings is 1. The summed E-state index contributed by atoms with van der Waals surface area (Å²) in [6, 6.07) is 12.2. The van der Waals surface area contributed by atoms with Crippen LogP contribution in [0.1, 0.15) is 23.4 Å². The fraction of sp³-hybridized carbons (Fsp3) is 0.235. The Morgan fingerprint density at radius 1 is 1.17 bits per heavy atom. The molecule has 0 saturated carbocycles. The Balaban J connectivity index is 1.48. The number of aryl methyl sites for hydroxylation is 2. The molecule has 4 rings (SSSR count). The lowest BCUT2D eigenvalue weighted by Crippen LogP contribution is -2.22. The molecule has 0 fully saturated rings. The highest BCUT2D eigenvalue weighted by Crippen LogP contribution is 2.24. The number of benzene rings is 1. The minimum Gasteiger partial charge on any atom is -0.370 e. The molecule has 3 aromatic rings. The average molecular weight is 306 g/mol. The fourth-order valence-corrected chi connectivity index (χ4v) is 2.99. The quantitative estimate of drug-likeness (QED) is 0.574. The SMILES string of the molecule is NC(=NCc1nnc2ccccn12)Nc1ccc2c(c1)CCC2. The highest BCUT2D eigenvalue weighted by molar-refractivity contribution is 5.92. The van der Waals surface area contributed by atoms with Crippen LogP contribution in [0.2, 0.25) is 0 Å². The lowest BCUT2D eigenvalue weighted by atomic mass is 10.1. The second kappa shape index (κ2) is 5.72. The standard InChI is InChI=1S/C17H18N6/c18-17(20-14-8-7-12-4-3-5-13(12)10-14)19-11-16-22-21-15-6-1-2-9-23(15)16/h1-2,6-10H,3-5,11H2,(H3,18,19,20). The van der Waals surface area contributed by atoms with Gasteiger partial charge in [-0.2, -0.15) is 0 Å². The van der Waals surface area contributed by atoms with Crippen LogP contribution in [0, 0.1) is 0 Å². The summed E-state index contributed by atoms with van der Waals surface area (Å²) in [5, 5.41) is 11.4. The molecule has 1 aliphatic carbocycles. The van der Waals surface area contributed by atoms with Gasteiger partial charge in [0.25, 0.3) is 0 Å². The molecule has 0 unspecified atom stereocenters. The van der Waals surface area contributed by atoms with Crippen molar-refractivity contribution in [1.82, 2.24) is 14.6 Å². The molecule has 3 N–H and O–H groups in total. The lowest BCUT2D eigenvalue weighted by molar-refractivity contribution is 0.881. The number of hydrogen-bond donors (Lipinski definition) is 2. The minimum absolute atomic E-state index is 0.384. The molecule has 2 heterocycles. The summed E-state index contributed by atoms with van der Waals surface area (Å²) in [4.78, 5) is 4.37. The maximum absolute atomic E-state index is 5.99. The Morgan fingerprint density at radius 2 is 2.09 bits per heavy atom. The van der Waals surface area contributed by atoms with Crippen LogP contribution in [0.25, 0.3) is 5.65 Å². The zero-order chi connectivity index (χ0) is 15.6. The predicted molar refractivity (Wildman–Crippen MR) is 90.4 cm³/mol. The minimum atomic E-state index is 0.384. The van der Waals surface area contributed by atoms with Crippen molar-refractivity contribution in [3.05, 3.63) is 59.5 Å². The van der Waals surface area contributed by atoms with E-state index in [1.807, 2.05) is 28.8 Å². The van der Waals surface area contributed by atoms with Crippen molar-refractivity contribution in [2.75, 3.05) is 5.32 Å². The molecule has 2 aromatic heterocycles. The maximum Gasteiger partial charge on any atom is 0.193 e. The second-order valence-electron chi connectivity index (χ2n) is 5.71. The Labute approximate surface area is 134 Å². The van der Waals surface area contributed by atoms with E-state index in [0.717, 1.165) is 23.6 Å². The van der Waals surface area contributed by atoms with Crippen LogP contribution >= 0.6 is 0 Å². The van der Waals surface area contributed by atoms with Gasteiger partial charge in [0, 0.05) is 11.9 Å². The molecule has 0 saturated heterocycles. The lowest BCUT2D eigenvalue weighted by Gasteiger charge is -2.07. The predicted octanol–water partition coefficient (Wildman–Crippen LogP) is 2.14. The Bertz CT molecular complexity index is 880. The molecule has 23 heavy (non-hydrogen) atoms. The van der Waals surface area contributed by atoms with E-state index in [1.165, 1.54) is 24.0 Å². The van der Waals surface area contributed by atoms with Crippen molar-refractivity contribution >= 4 is 17.3 Å². The van der Waals surface area contributed by atoms with Gasteiger partial charge in [-0.05, 0) is 54.7 Å². The van der Waals surface area contributed by atoms with Crippen LogP contribution in [-0.2, 0) is 19.4 Å². The van der Waals surface area contributed by atoms with Gasteiger partial charge in [0.2, 0.25) is 0 Å². The Morgan fingerprint density at radius 3 is 3.04 bits per heavy atom. The van der Waals surface area contributed by atoms with Gasteiger partial charge in [0.1, 0.15) is 6.54 Å². The maximum atomic E-state index is 5.99. The van der Waals surface area contributed by atoms with Gasteiger partial charge in [0.05, 0.1) is 0 Å². The Kier molecular flexibility index (Phi) is 3.42. The number of nitrogens with two attached hydrogens (primary N) is 1. The van der Waals surface area contributed by atoms with Gasteiger partial charge in [-0.1, -0.05) is 12.1 Å². The second-order valence-corrected chi connectivity index (χ2v) is 5.71. The summed E-state index contributed by atoms with van der Waals surface area (Å²) in [6.45, 7) is 0.384. The van der Waals surface area contributed by atoms with E-state index >= 15 is 0 Å². The number of rotatable bonds is 3. The van der Waals surface area contributed by atoms with E-state index in [9.17, 15) is 0 Å². The van der Waals surface area contributed by atoms with Crippen LogP contribution in [0.3, 0.4) is 0 Å². The molecular formula is C17H18N6. The van der Waals surface area contributed by atoms with Crippen molar-refractivity contribution in [2.45, 2.75) is 25.8 Å². The van der Waals surface area contributed by atoms with Crippen molar-refractivity contribution in [1.29, 1.82) is 0 Å². The number of guanidine groups is 1. The number of nitrogens with zero attached hydrogens (tertiary/aromatic N) is 4. The summed E-state index contributed by atoms with van der Waals surface area (Å²) in [5.74, 6) is 1.15. The van der Waals surface area contributed by atoms with E-state index in [1.54, 1.807) is 0 Å². The first kappa shape index (κ1) is 13.8. The largest absolute Gasteiger partial charge is 0.370 e. The molecule has 6 heteroatoms. The normalized spacial score (nSPS) is 14.2. The molecule has 0 atom stereocenters. The summed E-state index contributed by atoms with van der Waals surface area (Å²) >= 11 is 0.